The maximum absolute atomic E-state index is 12.0. The van der Waals surface area contributed by atoms with Crippen molar-refractivity contribution in [2.24, 2.45) is 5.92 Å². The molecular weight excluding hydrogens is 330 g/mol. The number of hydrogen-bond acceptors (Lipinski definition) is 3. The van der Waals surface area contributed by atoms with Gasteiger partial charge in [-0.05, 0) is 36.2 Å². The van der Waals surface area contributed by atoms with Crippen LogP contribution in [0.3, 0.4) is 0 Å². The van der Waals surface area contributed by atoms with Crippen LogP contribution in [0.15, 0.2) is 47.1 Å². The topological polar surface area (TPSA) is 54.0 Å². The molecule has 0 aliphatic carbocycles. The molecule has 0 saturated carbocycles. The zero-order valence-electron chi connectivity index (χ0n) is 12.1. The number of hydrogen-bond donors (Lipinski definition) is 2. The van der Waals surface area contributed by atoms with Crippen LogP contribution < -0.4 is 10.6 Å². The Morgan fingerprint density at radius 2 is 2.00 bits per heavy atom. The molecule has 5 heteroatoms. The fraction of sp³-hybridized carbons (Fsp3) is 0.250. The van der Waals surface area contributed by atoms with Gasteiger partial charge in [-0.2, -0.15) is 0 Å². The summed E-state index contributed by atoms with van der Waals surface area (Å²) in [6, 6.07) is 11.4. The summed E-state index contributed by atoms with van der Waals surface area (Å²) in [5.41, 5.74) is 2.19. The zero-order chi connectivity index (χ0) is 15.2. The molecule has 0 unspecified atom stereocenters. The van der Waals surface area contributed by atoms with E-state index in [1.165, 1.54) is 0 Å². The van der Waals surface area contributed by atoms with E-state index in [4.69, 9.17) is 0 Å². The second-order valence-electron chi connectivity index (χ2n) is 5.17. The summed E-state index contributed by atoms with van der Waals surface area (Å²) >= 11 is 3.43. The molecule has 0 atom stereocenters. The van der Waals surface area contributed by atoms with Gasteiger partial charge in [-0.1, -0.05) is 35.8 Å². The van der Waals surface area contributed by atoms with Gasteiger partial charge < -0.3 is 10.6 Å². The molecule has 1 heterocycles. The number of halogens is 1. The molecule has 4 nitrogen and oxygen atoms in total. The van der Waals surface area contributed by atoms with Gasteiger partial charge in [0, 0.05) is 28.6 Å². The van der Waals surface area contributed by atoms with E-state index < -0.39 is 0 Å². The second kappa shape index (κ2) is 7.22. The summed E-state index contributed by atoms with van der Waals surface area (Å²) in [5, 5.41) is 6.12. The Morgan fingerprint density at radius 3 is 2.71 bits per heavy atom. The van der Waals surface area contributed by atoms with Gasteiger partial charge in [-0.3, -0.25) is 9.78 Å². The van der Waals surface area contributed by atoms with Crippen LogP contribution in [0, 0.1) is 5.92 Å². The molecule has 1 aromatic heterocycles. The van der Waals surface area contributed by atoms with Crippen molar-refractivity contribution in [1.82, 2.24) is 10.3 Å². The summed E-state index contributed by atoms with van der Waals surface area (Å²) < 4.78 is 0.997. The minimum absolute atomic E-state index is 0.151. The SMILES string of the molecule is CC(C)CNC(=O)c1cc(Nc2cccc(Br)c2)ccn1. The summed E-state index contributed by atoms with van der Waals surface area (Å²) in [6.45, 7) is 4.75. The molecule has 1 aromatic carbocycles. The van der Waals surface area contributed by atoms with Crippen molar-refractivity contribution in [2.75, 3.05) is 11.9 Å². The Balaban J connectivity index is 2.08. The third-order valence-electron chi connectivity index (χ3n) is 2.78. The molecule has 0 radical (unpaired) electrons. The van der Waals surface area contributed by atoms with E-state index >= 15 is 0 Å². The second-order valence-corrected chi connectivity index (χ2v) is 6.08. The first-order valence-corrected chi connectivity index (χ1v) is 7.61. The molecule has 1 amide bonds. The first-order chi connectivity index (χ1) is 10.0. The Bertz CT molecular complexity index is 628. The van der Waals surface area contributed by atoms with Gasteiger partial charge >= 0.3 is 0 Å². The molecule has 2 N–H and O–H groups in total. The van der Waals surface area contributed by atoms with Crippen LogP contribution in [-0.4, -0.2) is 17.4 Å². The van der Waals surface area contributed by atoms with E-state index in [0.717, 1.165) is 15.8 Å². The van der Waals surface area contributed by atoms with Gasteiger partial charge in [0.2, 0.25) is 0 Å². The average Bonchev–Trinajstić information content (AvgIpc) is 2.45. The monoisotopic (exact) mass is 347 g/mol. The van der Waals surface area contributed by atoms with Crippen molar-refractivity contribution in [3.8, 4) is 0 Å². The van der Waals surface area contributed by atoms with E-state index in [2.05, 4.69) is 45.4 Å². The van der Waals surface area contributed by atoms with E-state index in [1.54, 1.807) is 12.3 Å². The largest absolute Gasteiger partial charge is 0.355 e. The number of rotatable bonds is 5. The molecule has 2 aromatic rings. The Hall–Kier alpha value is -1.88. The summed E-state index contributed by atoms with van der Waals surface area (Å²) in [4.78, 5) is 16.1. The zero-order valence-corrected chi connectivity index (χ0v) is 13.6. The normalized spacial score (nSPS) is 10.5. The van der Waals surface area contributed by atoms with Crippen molar-refractivity contribution in [3.05, 3.63) is 52.8 Å². The molecule has 21 heavy (non-hydrogen) atoms. The van der Waals surface area contributed by atoms with Crippen LogP contribution in [0.4, 0.5) is 11.4 Å². The summed E-state index contributed by atoms with van der Waals surface area (Å²) in [5.74, 6) is 0.263. The van der Waals surface area contributed by atoms with Gasteiger partial charge in [0.25, 0.3) is 5.91 Å². The number of carbonyl (C=O) groups excluding carboxylic acids is 1. The molecule has 0 bridgehead atoms. The third kappa shape index (κ3) is 4.86. The Kier molecular flexibility index (Phi) is 5.33. The molecule has 0 aliphatic rings. The lowest BCUT2D eigenvalue weighted by molar-refractivity contribution is 0.0944. The predicted octanol–water partition coefficient (Wildman–Crippen LogP) is 3.97. The van der Waals surface area contributed by atoms with Crippen molar-refractivity contribution >= 4 is 33.2 Å². The van der Waals surface area contributed by atoms with E-state index in [1.807, 2.05) is 30.3 Å². The minimum Gasteiger partial charge on any atom is -0.355 e. The highest BCUT2D eigenvalue weighted by molar-refractivity contribution is 9.10. The highest BCUT2D eigenvalue weighted by Crippen LogP contribution is 2.20. The Morgan fingerprint density at radius 1 is 1.24 bits per heavy atom. The summed E-state index contributed by atoms with van der Waals surface area (Å²) in [6.07, 6.45) is 1.63. The standard InChI is InChI=1S/C16H18BrN3O/c1-11(2)10-19-16(21)15-9-14(6-7-18-15)20-13-5-3-4-12(17)8-13/h3-9,11H,10H2,1-2H3,(H,18,20)(H,19,21). The van der Waals surface area contributed by atoms with E-state index in [-0.39, 0.29) is 5.91 Å². The smallest absolute Gasteiger partial charge is 0.269 e. The van der Waals surface area contributed by atoms with Gasteiger partial charge in [0.1, 0.15) is 5.69 Å². The molecular formula is C16H18BrN3O. The van der Waals surface area contributed by atoms with E-state index in [0.29, 0.717) is 18.2 Å². The fourth-order valence-electron chi connectivity index (χ4n) is 1.75. The maximum atomic E-state index is 12.0. The first kappa shape index (κ1) is 15.5. The number of nitrogens with zero attached hydrogens (tertiary/aromatic N) is 1. The van der Waals surface area contributed by atoms with Gasteiger partial charge in [0.05, 0.1) is 0 Å². The van der Waals surface area contributed by atoms with Crippen molar-refractivity contribution in [2.45, 2.75) is 13.8 Å². The van der Waals surface area contributed by atoms with Crippen LogP contribution in [-0.2, 0) is 0 Å². The van der Waals surface area contributed by atoms with Crippen LogP contribution in [0.1, 0.15) is 24.3 Å². The molecule has 0 saturated heterocycles. The van der Waals surface area contributed by atoms with Crippen molar-refractivity contribution in [1.29, 1.82) is 0 Å². The van der Waals surface area contributed by atoms with Crippen molar-refractivity contribution < 1.29 is 4.79 Å². The molecule has 0 fully saturated rings. The summed E-state index contributed by atoms with van der Waals surface area (Å²) in [7, 11) is 0. The third-order valence-corrected chi connectivity index (χ3v) is 3.27. The average molecular weight is 348 g/mol. The molecule has 2 rings (SSSR count). The molecule has 110 valence electrons. The lowest BCUT2D eigenvalue weighted by atomic mass is 10.2. The highest BCUT2D eigenvalue weighted by Gasteiger charge is 2.08. The molecule has 0 aliphatic heterocycles. The first-order valence-electron chi connectivity index (χ1n) is 6.81. The predicted molar refractivity (Wildman–Crippen MR) is 88.8 cm³/mol. The molecule has 0 spiro atoms. The lowest BCUT2D eigenvalue weighted by Gasteiger charge is -2.10. The van der Waals surface area contributed by atoms with Crippen LogP contribution in [0.5, 0.6) is 0 Å². The number of anilines is 2. The Labute approximate surface area is 133 Å². The van der Waals surface area contributed by atoms with Gasteiger partial charge in [0.15, 0.2) is 0 Å². The quantitative estimate of drug-likeness (QED) is 0.860. The number of pyridine rings is 1. The number of nitrogens with one attached hydrogen (secondary N) is 2. The lowest BCUT2D eigenvalue weighted by Crippen LogP contribution is -2.28. The van der Waals surface area contributed by atoms with Crippen LogP contribution in [0.2, 0.25) is 0 Å². The van der Waals surface area contributed by atoms with Gasteiger partial charge in [-0.15, -0.1) is 0 Å². The fourth-order valence-corrected chi connectivity index (χ4v) is 2.15. The van der Waals surface area contributed by atoms with Crippen LogP contribution in [0.25, 0.3) is 0 Å². The number of carbonyl (C=O) groups is 1. The maximum Gasteiger partial charge on any atom is 0.269 e. The van der Waals surface area contributed by atoms with Crippen molar-refractivity contribution in [3.63, 3.8) is 0 Å². The highest BCUT2D eigenvalue weighted by atomic mass is 79.9. The number of aromatic nitrogens is 1. The van der Waals surface area contributed by atoms with Crippen LogP contribution >= 0.6 is 15.9 Å². The number of amides is 1. The van der Waals surface area contributed by atoms with E-state index in [9.17, 15) is 4.79 Å². The minimum atomic E-state index is -0.151. The number of benzene rings is 1. The van der Waals surface area contributed by atoms with Gasteiger partial charge in [-0.25, -0.2) is 0 Å².